The van der Waals surface area contributed by atoms with Gasteiger partial charge in [-0.05, 0) is 70.4 Å². The molecule has 3 heterocycles. The molecule has 0 N–H and O–H groups in total. The summed E-state index contributed by atoms with van der Waals surface area (Å²) >= 11 is 0. The molecule has 0 aliphatic rings. The van der Waals surface area contributed by atoms with E-state index in [-0.39, 0.29) is 0 Å². The second-order valence-electron chi connectivity index (χ2n) is 15.3. The first kappa shape index (κ1) is 33.9. The largest absolute Gasteiger partial charge is 0.309 e. The van der Waals surface area contributed by atoms with Crippen molar-refractivity contribution in [3.8, 4) is 56.7 Å². The number of nitrogens with zero attached hydrogens (tertiary/aromatic N) is 5. The number of fused-ring (bicyclic) bond motifs is 7. The minimum Gasteiger partial charge on any atom is -0.309 e. The van der Waals surface area contributed by atoms with Gasteiger partial charge in [-0.1, -0.05) is 164 Å². The van der Waals surface area contributed by atoms with Gasteiger partial charge in [0.15, 0.2) is 17.5 Å². The number of hydrogen-bond donors (Lipinski definition) is 0. The topological polar surface area (TPSA) is 48.5 Å². The lowest BCUT2D eigenvalue weighted by atomic mass is 10.0. The van der Waals surface area contributed by atoms with E-state index in [1.807, 2.05) is 24.3 Å². The molecule has 0 saturated carbocycles. The molecular weight excluding hydrogens is 731 g/mol. The summed E-state index contributed by atoms with van der Waals surface area (Å²) in [5, 5.41) is 7.12. The SMILES string of the molecule is c1ccc(-c2ccc(-c3nc(-c4ccccc4)nc(-c4cccc5cc(-n6c7ccccc7c7cc8c9ccccc9n(-c9ccccc9)c8cc76)ccc45)n3)cc2)cc1. The molecule has 5 heteroatoms. The van der Waals surface area contributed by atoms with Gasteiger partial charge in [0, 0.05) is 49.6 Å². The molecule has 0 amide bonds. The maximum atomic E-state index is 5.16. The third kappa shape index (κ3) is 5.52. The van der Waals surface area contributed by atoms with Crippen LogP contribution in [-0.2, 0) is 0 Å². The summed E-state index contributed by atoms with van der Waals surface area (Å²) in [4.78, 5) is 15.3. The first-order chi connectivity index (χ1) is 29.7. The van der Waals surface area contributed by atoms with E-state index in [9.17, 15) is 0 Å². The maximum Gasteiger partial charge on any atom is 0.164 e. The first-order valence-electron chi connectivity index (χ1n) is 20.3. The lowest BCUT2D eigenvalue weighted by molar-refractivity contribution is 1.08. The van der Waals surface area contributed by atoms with E-state index in [1.54, 1.807) is 0 Å². The van der Waals surface area contributed by atoms with Gasteiger partial charge >= 0.3 is 0 Å². The molecule has 0 aliphatic heterocycles. The van der Waals surface area contributed by atoms with E-state index in [0.29, 0.717) is 17.5 Å². The van der Waals surface area contributed by atoms with E-state index < -0.39 is 0 Å². The van der Waals surface area contributed by atoms with Crippen LogP contribution < -0.4 is 0 Å². The molecule has 280 valence electrons. The fourth-order valence-corrected chi connectivity index (χ4v) is 8.95. The van der Waals surface area contributed by atoms with Crippen LogP contribution in [0.1, 0.15) is 0 Å². The van der Waals surface area contributed by atoms with Crippen molar-refractivity contribution in [2.75, 3.05) is 0 Å². The fourth-order valence-electron chi connectivity index (χ4n) is 8.95. The van der Waals surface area contributed by atoms with Crippen molar-refractivity contribution >= 4 is 54.4 Å². The molecule has 60 heavy (non-hydrogen) atoms. The van der Waals surface area contributed by atoms with E-state index >= 15 is 0 Å². The van der Waals surface area contributed by atoms with Gasteiger partial charge in [-0.15, -0.1) is 0 Å². The Morgan fingerprint density at radius 3 is 1.42 bits per heavy atom. The summed E-state index contributed by atoms with van der Waals surface area (Å²) in [6.07, 6.45) is 0. The monoisotopic (exact) mass is 765 g/mol. The Morgan fingerprint density at radius 2 is 0.767 bits per heavy atom. The third-order valence-corrected chi connectivity index (χ3v) is 11.8. The molecule has 12 aromatic rings. The van der Waals surface area contributed by atoms with Crippen LogP contribution in [0, 0.1) is 0 Å². The average Bonchev–Trinajstić information content (AvgIpc) is 3.83. The minimum atomic E-state index is 0.636. The van der Waals surface area contributed by atoms with Gasteiger partial charge < -0.3 is 9.13 Å². The van der Waals surface area contributed by atoms with Crippen LogP contribution in [0.4, 0.5) is 0 Å². The van der Waals surface area contributed by atoms with Gasteiger partial charge in [0.1, 0.15) is 0 Å². The highest BCUT2D eigenvalue weighted by Crippen LogP contribution is 2.40. The van der Waals surface area contributed by atoms with Gasteiger partial charge in [0.2, 0.25) is 0 Å². The van der Waals surface area contributed by atoms with Crippen molar-refractivity contribution in [2.24, 2.45) is 0 Å². The van der Waals surface area contributed by atoms with Crippen LogP contribution in [0.25, 0.3) is 111 Å². The molecule has 0 saturated heterocycles. The average molecular weight is 766 g/mol. The molecule has 0 aliphatic carbocycles. The third-order valence-electron chi connectivity index (χ3n) is 11.8. The van der Waals surface area contributed by atoms with Gasteiger partial charge in [-0.25, -0.2) is 15.0 Å². The molecule has 0 fully saturated rings. The fraction of sp³-hybridized carbons (Fsp3) is 0. The highest BCUT2D eigenvalue weighted by atomic mass is 15.0. The molecule has 0 spiro atoms. The zero-order valence-electron chi connectivity index (χ0n) is 32.4. The zero-order valence-corrected chi connectivity index (χ0v) is 32.4. The summed E-state index contributed by atoms with van der Waals surface area (Å²) < 4.78 is 4.81. The zero-order chi connectivity index (χ0) is 39.6. The summed E-state index contributed by atoms with van der Waals surface area (Å²) in [6, 6.07) is 75.1. The highest BCUT2D eigenvalue weighted by Gasteiger charge is 2.20. The van der Waals surface area contributed by atoms with E-state index in [0.717, 1.165) is 49.9 Å². The van der Waals surface area contributed by atoms with Crippen LogP contribution in [0.2, 0.25) is 0 Å². The Hall–Kier alpha value is -8.15. The molecule has 9 aromatic carbocycles. The van der Waals surface area contributed by atoms with Crippen LogP contribution >= 0.6 is 0 Å². The number of hydrogen-bond acceptors (Lipinski definition) is 3. The van der Waals surface area contributed by atoms with Gasteiger partial charge in [-0.3, -0.25) is 0 Å². The van der Waals surface area contributed by atoms with Crippen molar-refractivity contribution in [2.45, 2.75) is 0 Å². The van der Waals surface area contributed by atoms with Crippen LogP contribution in [0.3, 0.4) is 0 Å². The number of para-hydroxylation sites is 3. The predicted molar refractivity (Wildman–Crippen MR) is 248 cm³/mol. The lowest BCUT2D eigenvalue weighted by Gasteiger charge is -2.13. The van der Waals surface area contributed by atoms with Crippen LogP contribution in [-0.4, -0.2) is 24.1 Å². The Morgan fingerprint density at radius 1 is 0.267 bits per heavy atom. The van der Waals surface area contributed by atoms with Crippen molar-refractivity contribution < 1.29 is 0 Å². The summed E-state index contributed by atoms with van der Waals surface area (Å²) in [6.45, 7) is 0. The van der Waals surface area contributed by atoms with Gasteiger partial charge in [-0.2, -0.15) is 0 Å². The highest BCUT2D eigenvalue weighted by molar-refractivity contribution is 6.19. The summed E-state index contributed by atoms with van der Waals surface area (Å²) in [5.74, 6) is 1.91. The van der Waals surface area contributed by atoms with Crippen LogP contribution in [0.5, 0.6) is 0 Å². The number of aromatic nitrogens is 5. The minimum absolute atomic E-state index is 0.636. The Balaban J connectivity index is 1.03. The maximum absolute atomic E-state index is 5.16. The van der Waals surface area contributed by atoms with Crippen molar-refractivity contribution in [1.29, 1.82) is 0 Å². The molecule has 0 unspecified atom stereocenters. The number of benzene rings is 9. The molecule has 3 aromatic heterocycles. The molecule has 0 atom stereocenters. The van der Waals surface area contributed by atoms with Crippen molar-refractivity contribution in [3.63, 3.8) is 0 Å². The van der Waals surface area contributed by atoms with Crippen molar-refractivity contribution in [1.82, 2.24) is 24.1 Å². The summed E-state index contributed by atoms with van der Waals surface area (Å²) in [5.41, 5.74) is 12.1. The Labute approximate surface area is 346 Å². The Kier molecular flexibility index (Phi) is 7.78. The second kappa shape index (κ2) is 13.8. The van der Waals surface area contributed by atoms with E-state index in [1.165, 1.54) is 43.7 Å². The molecule has 0 bridgehead atoms. The molecule has 12 rings (SSSR count). The standard InChI is InChI=1S/C55H35N5/c1-4-15-36(16-5-1)37-27-29-39(30-28-37)54-56-53(38-17-6-2-7-18-38)57-55(58-54)46-24-14-19-40-33-42(31-32-43(40)46)60-50-26-13-11-23-45(50)48-34-47-44-22-10-12-25-49(44)59(51(47)35-52(48)60)41-20-8-3-9-21-41/h1-35H. The van der Waals surface area contributed by atoms with Gasteiger partial charge in [0.25, 0.3) is 0 Å². The Bertz CT molecular complexity index is 3570. The quantitative estimate of drug-likeness (QED) is 0.169. The lowest BCUT2D eigenvalue weighted by Crippen LogP contribution is -2.01. The first-order valence-corrected chi connectivity index (χ1v) is 20.3. The van der Waals surface area contributed by atoms with Crippen LogP contribution in [0.15, 0.2) is 212 Å². The normalized spacial score (nSPS) is 11.7. The molecule has 5 nitrogen and oxygen atoms in total. The van der Waals surface area contributed by atoms with E-state index in [2.05, 4.69) is 197 Å². The van der Waals surface area contributed by atoms with E-state index in [4.69, 9.17) is 15.0 Å². The molecule has 0 radical (unpaired) electrons. The predicted octanol–water partition coefficient (Wildman–Crippen LogP) is 13.9. The second-order valence-corrected chi connectivity index (χ2v) is 15.3. The molecular formula is C55H35N5. The smallest absolute Gasteiger partial charge is 0.164 e. The van der Waals surface area contributed by atoms with Gasteiger partial charge in [0.05, 0.1) is 22.1 Å². The van der Waals surface area contributed by atoms with Crippen molar-refractivity contribution in [3.05, 3.63) is 212 Å². The summed E-state index contributed by atoms with van der Waals surface area (Å²) in [7, 11) is 0. The number of rotatable bonds is 6.